The summed E-state index contributed by atoms with van der Waals surface area (Å²) in [4.78, 5) is 13.3. The minimum Gasteiger partial charge on any atom is -0.464 e. The highest BCUT2D eigenvalue weighted by molar-refractivity contribution is 7.68. The molecular formula is C27H20N3OP. The van der Waals surface area contributed by atoms with Crippen molar-refractivity contribution in [1.29, 1.82) is 0 Å². The van der Waals surface area contributed by atoms with Gasteiger partial charge in [-0.25, -0.2) is 15.0 Å². The zero-order valence-electron chi connectivity index (χ0n) is 17.2. The summed E-state index contributed by atoms with van der Waals surface area (Å²) in [6, 6.07) is 38.5. The second-order valence-corrected chi connectivity index (χ2v) is 8.88. The Kier molecular flexibility index (Phi) is 5.95. The van der Waals surface area contributed by atoms with Gasteiger partial charge in [-0.2, -0.15) is 0 Å². The number of aromatic nitrogens is 3. The van der Waals surface area contributed by atoms with E-state index in [1.165, 1.54) is 10.6 Å². The molecule has 0 amide bonds. The molecule has 0 saturated heterocycles. The lowest BCUT2D eigenvalue weighted by Crippen LogP contribution is -2.15. The maximum absolute atomic E-state index is 6.48. The predicted octanol–water partition coefficient (Wildman–Crippen LogP) is 5.63. The van der Waals surface area contributed by atoms with Gasteiger partial charge in [-0.3, -0.25) is 0 Å². The molecule has 4 nitrogen and oxygen atoms in total. The first kappa shape index (κ1) is 20.0. The zero-order chi connectivity index (χ0) is 21.6. The molecule has 0 N–H and O–H groups in total. The molecule has 0 atom stereocenters. The third kappa shape index (κ3) is 4.56. The molecule has 0 unspecified atom stereocenters. The third-order valence-corrected chi connectivity index (χ3v) is 6.82. The Morgan fingerprint density at radius 2 is 0.969 bits per heavy atom. The number of rotatable bonds is 6. The Balaban J connectivity index is 1.41. The number of hydrogen-bond donors (Lipinski definition) is 0. The summed E-state index contributed by atoms with van der Waals surface area (Å²) in [7, 11) is -0.968. The lowest BCUT2D eigenvalue weighted by Gasteiger charge is -2.19. The van der Waals surface area contributed by atoms with Gasteiger partial charge in [0, 0.05) is 21.7 Å². The van der Waals surface area contributed by atoms with Crippen LogP contribution in [0.25, 0.3) is 22.8 Å². The average molecular weight is 433 g/mol. The SMILES string of the molecule is c1ccc(-c2ncnc(-c3ccc(OP(c4ccccc4)c4ccccc4)cc3)n2)cc1. The summed E-state index contributed by atoms with van der Waals surface area (Å²) >= 11 is 0. The molecule has 0 aliphatic heterocycles. The Hall–Kier alpha value is -3.88. The monoisotopic (exact) mass is 433 g/mol. The van der Waals surface area contributed by atoms with E-state index in [4.69, 9.17) is 4.52 Å². The summed E-state index contributed by atoms with van der Waals surface area (Å²) in [5.74, 6) is 2.11. The molecule has 1 heterocycles. The van der Waals surface area contributed by atoms with Crippen molar-refractivity contribution in [2.75, 3.05) is 0 Å². The zero-order valence-corrected chi connectivity index (χ0v) is 18.1. The minimum absolute atomic E-state index is 0.638. The van der Waals surface area contributed by atoms with Crippen LogP contribution in [0.5, 0.6) is 5.75 Å². The van der Waals surface area contributed by atoms with E-state index in [0.717, 1.165) is 16.9 Å². The van der Waals surface area contributed by atoms with E-state index in [2.05, 4.69) is 39.2 Å². The van der Waals surface area contributed by atoms with E-state index in [1.54, 1.807) is 6.33 Å². The van der Waals surface area contributed by atoms with Crippen molar-refractivity contribution >= 4 is 18.8 Å². The number of nitrogens with zero attached hydrogens (tertiary/aromatic N) is 3. The molecule has 5 aromatic rings. The second-order valence-electron chi connectivity index (χ2n) is 7.08. The van der Waals surface area contributed by atoms with Crippen LogP contribution in [-0.2, 0) is 0 Å². The van der Waals surface area contributed by atoms with E-state index in [1.807, 2.05) is 91.0 Å². The van der Waals surface area contributed by atoms with Gasteiger partial charge in [-0.05, 0) is 24.3 Å². The van der Waals surface area contributed by atoms with Gasteiger partial charge < -0.3 is 4.52 Å². The van der Waals surface area contributed by atoms with E-state index < -0.39 is 8.15 Å². The van der Waals surface area contributed by atoms with Gasteiger partial charge >= 0.3 is 0 Å². The van der Waals surface area contributed by atoms with Crippen LogP contribution in [-0.4, -0.2) is 15.0 Å². The maximum Gasteiger partial charge on any atom is 0.163 e. The van der Waals surface area contributed by atoms with Crippen LogP contribution in [0, 0.1) is 0 Å². The van der Waals surface area contributed by atoms with Gasteiger partial charge in [0.25, 0.3) is 0 Å². The first-order chi connectivity index (χ1) is 15.9. The van der Waals surface area contributed by atoms with Crippen LogP contribution in [0.2, 0.25) is 0 Å². The first-order valence-corrected chi connectivity index (χ1v) is 11.6. The Morgan fingerprint density at radius 1 is 0.500 bits per heavy atom. The normalized spacial score (nSPS) is 10.8. The Labute approximate surface area is 188 Å². The summed E-state index contributed by atoms with van der Waals surface area (Å²) in [6.45, 7) is 0. The van der Waals surface area contributed by atoms with Crippen LogP contribution < -0.4 is 15.1 Å². The maximum atomic E-state index is 6.48. The quantitative estimate of drug-likeness (QED) is 0.326. The summed E-state index contributed by atoms with van der Waals surface area (Å²) < 4.78 is 6.48. The van der Waals surface area contributed by atoms with Crippen molar-refractivity contribution in [3.63, 3.8) is 0 Å². The van der Waals surface area contributed by atoms with Gasteiger partial charge in [0.1, 0.15) is 12.1 Å². The van der Waals surface area contributed by atoms with Gasteiger partial charge in [0.15, 0.2) is 19.8 Å². The van der Waals surface area contributed by atoms with Gasteiger partial charge in [0.05, 0.1) is 0 Å². The van der Waals surface area contributed by atoms with Gasteiger partial charge in [-0.1, -0.05) is 91.0 Å². The van der Waals surface area contributed by atoms with Crippen molar-refractivity contribution in [3.8, 4) is 28.5 Å². The molecule has 0 radical (unpaired) electrons. The highest BCUT2D eigenvalue weighted by Crippen LogP contribution is 2.37. The van der Waals surface area contributed by atoms with Crippen molar-refractivity contribution in [2.24, 2.45) is 0 Å². The number of benzene rings is 4. The largest absolute Gasteiger partial charge is 0.464 e. The van der Waals surface area contributed by atoms with Crippen LogP contribution >= 0.6 is 8.15 Å². The lowest BCUT2D eigenvalue weighted by molar-refractivity contribution is 0.630. The summed E-state index contributed by atoms with van der Waals surface area (Å²) in [5.41, 5.74) is 1.88. The highest BCUT2D eigenvalue weighted by Gasteiger charge is 2.17. The molecule has 0 aliphatic carbocycles. The van der Waals surface area contributed by atoms with Crippen molar-refractivity contribution in [1.82, 2.24) is 15.0 Å². The molecule has 0 bridgehead atoms. The van der Waals surface area contributed by atoms with Crippen molar-refractivity contribution in [3.05, 3.63) is 122 Å². The van der Waals surface area contributed by atoms with E-state index in [-0.39, 0.29) is 0 Å². The Bertz CT molecular complexity index is 1240. The fourth-order valence-corrected chi connectivity index (χ4v) is 5.04. The minimum atomic E-state index is -0.968. The molecule has 0 fully saturated rings. The lowest BCUT2D eigenvalue weighted by atomic mass is 10.2. The number of hydrogen-bond acceptors (Lipinski definition) is 4. The topological polar surface area (TPSA) is 47.9 Å². The van der Waals surface area contributed by atoms with Crippen LogP contribution in [0.4, 0.5) is 0 Å². The highest BCUT2D eigenvalue weighted by atomic mass is 31.1. The molecule has 154 valence electrons. The predicted molar refractivity (Wildman–Crippen MR) is 130 cm³/mol. The summed E-state index contributed by atoms with van der Waals surface area (Å²) in [5, 5.41) is 2.34. The average Bonchev–Trinajstić information content (AvgIpc) is 2.89. The molecule has 5 heteroatoms. The van der Waals surface area contributed by atoms with Crippen LogP contribution in [0.1, 0.15) is 0 Å². The van der Waals surface area contributed by atoms with Crippen molar-refractivity contribution in [2.45, 2.75) is 0 Å². The molecule has 4 aromatic carbocycles. The standard InChI is InChI=1S/C27H20N3OP/c1-4-10-21(11-5-1)26-28-20-29-27(30-26)22-16-18-23(19-17-22)31-32(24-12-6-2-7-13-24)25-14-8-3-9-15-25/h1-20H. The van der Waals surface area contributed by atoms with Gasteiger partial charge in [0.2, 0.25) is 0 Å². The molecule has 0 saturated carbocycles. The molecule has 0 spiro atoms. The van der Waals surface area contributed by atoms with Gasteiger partial charge in [-0.15, -0.1) is 0 Å². The first-order valence-electron chi connectivity index (χ1n) is 10.3. The molecule has 1 aromatic heterocycles. The van der Waals surface area contributed by atoms with E-state index >= 15 is 0 Å². The van der Waals surface area contributed by atoms with Crippen LogP contribution in [0.3, 0.4) is 0 Å². The smallest absolute Gasteiger partial charge is 0.163 e. The van der Waals surface area contributed by atoms with Crippen molar-refractivity contribution < 1.29 is 4.52 Å². The molecule has 5 rings (SSSR count). The fourth-order valence-electron chi connectivity index (χ4n) is 3.31. The summed E-state index contributed by atoms with van der Waals surface area (Å²) in [6.07, 6.45) is 1.55. The molecule has 32 heavy (non-hydrogen) atoms. The van der Waals surface area contributed by atoms with E-state index in [9.17, 15) is 0 Å². The fraction of sp³-hybridized carbons (Fsp3) is 0. The molecule has 0 aliphatic rings. The third-order valence-electron chi connectivity index (χ3n) is 4.89. The Morgan fingerprint density at radius 3 is 1.50 bits per heavy atom. The van der Waals surface area contributed by atoms with E-state index in [0.29, 0.717) is 11.6 Å². The van der Waals surface area contributed by atoms with Crippen LogP contribution in [0.15, 0.2) is 122 Å². The second kappa shape index (κ2) is 9.51. The molecular weight excluding hydrogens is 413 g/mol.